The van der Waals surface area contributed by atoms with Crippen LogP contribution in [0.25, 0.3) is 0 Å². The van der Waals surface area contributed by atoms with Gasteiger partial charge in [0.25, 0.3) is 0 Å². The van der Waals surface area contributed by atoms with Gasteiger partial charge in [-0.2, -0.15) is 0 Å². The molecule has 7 nitrogen and oxygen atoms in total. The Morgan fingerprint density at radius 3 is 2.64 bits per heavy atom. The Morgan fingerprint density at radius 1 is 1.12 bits per heavy atom. The van der Waals surface area contributed by atoms with Crippen LogP contribution >= 0.6 is 0 Å². The number of aromatic nitrogens is 3. The van der Waals surface area contributed by atoms with Gasteiger partial charge in [-0.3, -0.25) is 9.63 Å². The van der Waals surface area contributed by atoms with Gasteiger partial charge in [-0.05, 0) is 25.0 Å². The maximum atomic E-state index is 13.0. The van der Waals surface area contributed by atoms with Crippen molar-refractivity contribution in [3.63, 3.8) is 0 Å². The topological polar surface area (TPSA) is 71.5 Å². The van der Waals surface area contributed by atoms with Crippen molar-refractivity contribution in [3.05, 3.63) is 48.7 Å². The molecule has 25 heavy (non-hydrogen) atoms. The molecule has 1 amide bonds. The Bertz CT molecular complexity index is 704. The van der Waals surface area contributed by atoms with Crippen LogP contribution in [0.2, 0.25) is 0 Å². The Labute approximate surface area is 146 Å². The minimum Gasteiger partial charge on any atom is -0.357 e. The van der Waals surface area contributed by atoms with Crippen molar-refractivity contribution in [2.24, 2.45) is 5.92 Å². The summed E-state index contributed by atoms with van der Waals surface area (Å²) in [6, 6.07) is 5.83. The quantitative estimate of drug-likeness (QED) is 0.852. The van der Waals surface area contributed by atoms with E-state index >= 15 is 0 Å². The van der Waals surface area contributed by atoms with Crippen LogP contribution in [-0.2, 0) is 9.63 Å². The van der Waals surface area contributed by atoms with E-state index < -0.39 is 0 Å². The van der Waals surface area contributed by atoms with Crippen LogP contribution in [0.3, 0.4) is 0 Å². The van der Waals surface area contributed by atoms with E-state index in [2.05, 4.69) is 19.9 Å². The number of amides is 1. The number of rotatable bonds is 3. The molecule has 2 fully saturated rings. The summed E-state index contributed by atoms with van der Waals surface area (Å²) >= 11 is 0. The maximum absolute atomic E-state index is 13.0. The molecular formula is C18H21N5O2. The minimum absolute atomic E-state index is 0.00908. The highest BCUT2D eigenvalue weighted by atomic mass is 16.7. The fraction of sp³-hybridized carbons (Fsp3) is 0.444. The number of piperidine rings is 1. The van der Waals surface area contributed by atoms with Crippen LogP contribution in [0.5, 0.6) is 0 Å². The summed E-state index contributed by atoms with van der Waals surface area (Å²) < 4.78 is 0. The van der Waals surface area contributed by atoms with Gasteiger partial charge in [0, 0.05) is 49.6 Å². The van der Waals surface area contributed by atoms with E-state index in [0.717, 1.165) is 43.7 Å². The first-order chi connectivity index (χ1) is 12.3. The predicted octanol–water partition coefficient (Wildman–Crippen LogP) is 1.99. The van der Waals surface area contributed by atoms with Crippen LogP contribution in [0, 0.1) is 5.92 Å². The van der Waals surface area contributed by atoms with E-state index in [1.165, 1.54) is 6.33 Å². The third-order valence-electron chi connectivity index (χ3n) is 4.90. The second kappa shape index (κ2) is 7.14. The fourth-order valence-corrected chi connectivity index (χ4v) is 3.55. The highest BCUT2D eigenvalue weighted by molar-refractivity contribution is 5.78. The Morgan fingerprint density at radius 2 is 1.92 bits per heavy atom. The molecule has 0 unspecified atom stereocenters. The van der Waals surface area contributed by atoms with E-state index in [1.54, 1.807) is 23.7 Å². The Kier molecular flexibility index (Phi) is 4.56. The van der Waals surface area contributed by atoms with Crippen LogP contribution in [0.4, 0.5) is 5.82 Å². The second-order valence-electron chi connectivity index (χ2n) is 6.42. The molecule has 1 atom stereocenters. The number of anilines is 1. The van der Waals surface area contributed by atoms with Crippen molar-refractivity contribution in [3.8, 4) is 0 Å². The lowest BCUT2D eigenvalue weighted by Crippen LogP contribution is -2.42. The van der Waals surface area contributed by atoms with Crippen LogP contribution in [0.15, 0.2) is 43.1 Å². The number of nitrogens with zero attached hydrogens (tertiary/aromatic N) is 5. The number of pyridine rings is 1. The Balaban J connectivity index is 1.40. The lowest BCUT2D eigenvalue weighted by atomic mass is 9.95. The first kappa shape index (κ1) is 16.0. The molecule has 2 saturated heterocycles. The monoisotopic (exact) mass is 339 g/mol. The van der Waals surface area contributed by atoms with Gasteiger partial charge < -0.3 is 4.90 Å². The van der Waals surface area contributed by atoms with Gasteiger partial charge in [-0.15, -0.1) is 0 Å². The predicted molar refractivity (Wildman–Crippen MR) is 91.4 cm³/mol. The van der Waals surface area contributed by atoms with Gasteiger partial charge in [0.05, 0.1) is 12.6 Å². The summed E-state index contributed by atoms with van der Waals surface area (Å²) in [5, 5.41) is 1.56. The molecule has 0 spiro atoms. The number of hydrogen-bond donors (Lipinski definition) is 0. The second-order valence-corrected chi connectivity index (χ2v) is 6.42. The van der Waals surface area contributed by atoms with E-state index in [9.17, 15) is 4.79 Å². The number of hydroxylamine groups is 2. The van der Waals surface area contributed by atoms with Crippen LogP contribution in [0.1, 0.15) is 30.9 Å². The van der Waals surface area contributed by atoms with Crippen LogP contribution in [-0.4, -0.2) is 45.6 Å². The zero-order chi connectivity index (χ0) is 17.1. The summed E-state index contributed by atoms with van der Waals surface area (Å²) in [4.78, 5) is 33.4. The minimum atomic E-state index is -0.0810. The number of carbonyl (C=O) groups excluding carboxylic acids is 1. The zero-order valence-corrected chi connectivity index (χ0v) is 14.0. The molecule has 2 aliphatic heterocycles. The summed E-state index contributed by atoms with van der Waals surface area (Å²) in [5.41, 5.74) is 0.930. The first-order valence-electron chi connectivity index (χ1n) is 8.70. The molecule has 0 saturated carbocycles. The molecule has 7 heteroatoms. The highest BCUT2D eigenvalue weighted by Crippen LogP contribution is 2.33. The first-order valence-corrected chi connectivity index (χ1v) is 8.70. The molecule has 0 aliphatic carbocycles. The molecule has 0 bridgehead atoms. The average Bonchev–Trinajstić information content (AvgIpc) is 3.19. The maximum Gasteiger partial charge on any atom is 0.249 e. The molecule has 2 aliphatic rings. The summed E-state index contributed by atoms with van der Waals surface area (Å²) in [6.45, 7) is 2.22. The average molecular weight is 339 g/mol. The van der Waals surface area contributed by atoms with Gasteiger partial charge >= 0.3 is 0 Å². The van der Waals surface area contributed by atoms with Gasteiger partial charge in [0.1, 0.15) is 12.1 Å². The largest absolute Gasteiger partial charge is 0.357 e. The molecule has 2 aromatic heterocycles. The lowest BCUT2D eigenvalue weighted by molar-refractivity contribution is -0.182. The normalized spacial score (nSPS) is 21.5. The van der Waals surface area contributed by atoms with Crippen molar-refractivity contribution in [1.82, 2.24) is 20.0 Å². The molecule has 0 N–H and O–H groups in total. The van der Waals surface area contributed by atoms with Crippen molar-refractivity contribution in [2.75, 3.05) is 24.6 Å². The van der Waals surface area contributed by atoms with Gasteiger partial charge in [-0.1, -0.05) is 6.07 Å². The number of carbonyl (C=O) groups is 1. The molecule has 2 aromatic rings. The van der Waals surface area contributed by atoms with Crippen molar-refractivity contribution >= 4 is 11.7 Å². The molecular weight excluding hydrogens is 318 g/mol. The van der Waals surface area contributed by atoms with Crippen molar-refractivity contribution in [1.29, 1.82) is 0 Å². The molecule has 130 valence electrons. The molecule has 0 aromatic carbocycles. The fourth-order valence-electron chi connectivity index (χ4n) is 3.55. The van der Waals surface area contributed by atoms with Gasteiger partial charge in [0.2, 0.25) is 5.91 Å². The molecule has 0 radical (unpaired) electrons. The number of hydrogen-bond acceptors (Lipinski definition) is 6. The smallest absolute Gasteiger partial charge is 0.249 e. The summed E-state index contributed by atoms with van der Waals surface area (Å²) in [5.74, 6) is 1.04. The highest BCUT2D eigenvalue weighted by Gasteiger charge is 2.37. The van der Waals surface area contributed by atoms with Crippen molar-refractivity contribution < 1.29 is 9.63 Å². The van der Waals surface area contributed by atoms with E-state index in [1.807, 2.05) is 18.2 Å². The van der Waals surface area contributed by atoms with Gasteiger partial charge in [-0.25, -0.2) is 20.0 Å². The Hall–Kier alpha value is -2.54. The van der Waals surface area contributed by atoms with E-state index in [0.29, 0.717) is 6.61 Å². The van der Waals surface area contributed by atoms with E-state index in [-0.39, 0.29) is 17.9 Å². The molecule has 4 rings (SSSR count). The molecule has 4 heterocycles. The third-order valence-corrected chi connectivity index (χ3v) is 4.90. The van der Waals surface area contributed by atoms with Crippen molar-refractivity contribution in [2.45, 2.75) is 25.3 Å². The van der Waals surface area contributed by atoms with E-state index in [4.69, 9.17) is 4.84 Å². The zero-order valence-electron chi connectivity index (χ0n) is 14.0. The standard InChI is InChI=1S/C18H21N5O2/c24-18(23-16(6-10-25-23)15-11-19-13-20-12-15)14-4-8-22(9-5-14)17-3-1-2-7-21-17/h1-3,7,11-14,16H,4-6,8-10H2/t16-/m0/s1. The lowest BCUT2D eigenvalue weighted by Gasteiger charge is -2.34. The summed E-state index contributed by atoms with van der Waals surface area (Å²) in [7, 11) is 0. The van der Waals surface area contributed by atoms with Gasteiger partial charge in [0.15, 0.2) is 0 Å². The SMILES string of the molecule is O=C(C1CCN(c2ccccn2)CC1)N1OCC[C@H]1c1cncnc1. The third kappa shape index (κ3) is 3.32. The van der Waals surface area contributed by atoms with Crippen LogP contribution < -0.4 is 4.90 Å². The summed E-state index contributed by atoms with van der Waals surface area (Å²) in [6.07, 6.45) is 9.23.